The molecule has 1 aliphatic carbocycles. The van der Waals surface area contributed by atoms with Crippen LogP contribution in [0, 0.1) is 5.82 Å². The van der Waals surface area contributed by atoms with Gasteiger partial charge in [-0.2, -0.15) is 0 Å². The monoisotopic (exact) mass is 383 g/mol. The Labute approximate surface area is 149 Å². The van der Waals surface area contributed by atoms with Crippen LogP contribution >= 0.6 is 11.6 Å². The summed E-state index contributed by atoms with van der Waals surface area (Å²) in [6.45, 7) is 0. The molecule has 0 aliphatic heterocycles. The predicted molar refractivity (Wildman–Crippen MR) is 93.9 cm³/mol. The molecule has 1 amide bonds. The number of nitrogens with zero attached hydrogens (tertiary/aromatic N) is 2. The number of hydrogen-bond acceptors (Lipinski definition) is 4. The van der Waals surface area contributed by atoms with Gasteiger partial charge in [-0.25, -0.2) is 17.8 Å². The van der Waals surface area contributed by atoms with Crippen LogP contribution in [0.15, 0.2) is 36.5 Å². The zero-order valence-corrected chi connectivity index (χ0v) is 14.8. The second-order valence-corrected chi connectivity index (χ2v) is 8.04. The molecule has 0 bridgehead atoms. The number of pyridine rings is 1. The largest absolute Gasteiger partial charge is 0.322 e. The number of nitrogens with one attached hydrogen (secondary N) is 1. The first kappa shape index (κ1) is 17.6. The van der Waals surface area contributed by atoms with Crippen LogP contribution in [0.25, 0.3) is 0 Å². The Morgan fingerprint density at radius 1 is 1.32 bits per heavy atom. The summed E-state index contributed by atoms with van der Waals surface area (Å²) in [4.78, 5) is 16.5. The third-order valence-corrected chi connectivity index (χ3v) is 5.14. The van der Waals surface area contributed by atoms with E-state index in [1.54, 1.807) is 0 Å². The van der Waals surface area contributed by atoms with Crippen molar-refractivity contribution >= 4 is 39.0 Å². The lowest BCUT2D eigenvalue weighted by Crippen LogP contribution is -2.33. The van der Waals surface area contributed by atoms with Crippen LogP contribution in [0.3, 0.4) is 0 Å². The highest BCUT2D eigenvalue weighted by atomic mass is 35.5. The van der Waals surface area contributed by atoms with Crippen LogP contribution in [0.1, 0.15) is 23.2 Å². The number of anilines is 2. The molecule has 0 spiro atoms. The van der Waals surface area contributed by atoms with Crippen LogP contribution in [0.2, 0.25) is 5.02 Å². The summed E-state index contributed by atoms with van der Waals surface area (Å²) in [5, 5.41) is 2.48. The molecule has 1 aromatic carbocycles. The van der Waals surface area contributed by atoms with E-state index in [1.807, 2.05) is 0 Å². The standard InChI is InChI=1S/C16H15ClFN3O3S/c1-25(23,24)21(12-3-4-12)15-8-10(6-7-19-15)16(22)20-11-2-5-14(18)13(17)9-11/h2,5-9,12H,3-4H2,1H3,(H,20,22). The quantitative estimate of drug-likeness (QED) is 0.860. The SMILES string of the molecule is CS(=O)(=O)N(c1cc(C(=O)Nc2ccc(F)c(Cl)c2)ccn1)C1CC1. The topological polar surface area (TPSA) is 79.4 Å². The molecule has 0 unspecified atom stereocenters. The highest BCUT2D eigenvalue weighted by Crippen LogP contribution is 2.33. The highest BCUT2D eigenvalue weighted by Gasteiger charge is 2.36. The summed E-state index contributed by atoms with van der Waals surface area (Å²) in [5.41, 5.74) is 0.566. The summed E-state index contributed by atoms with van der Waals surface area (Å²) in [7, 11) is -3.49. The maximum absolute atomic E-state index is 13.2. The van der Waals surface area contributed by atoms with Crippen LogP contribution in [0.4, 0.5) is 15.9 Å². The smallest absolute Gasteiger partial charge is 0.255 e. The molecule has 2 aromatic rings. The molecule has 25 heavy (non-hydrogen) atoms. The van der Waals surface area contributed by atoms with Crippen LogP contribution < -0.4 is 9.62 Å². The minimum atomic E-state index is -3.49. The van der Waals surface area contributed by atoms with Crippen LogP contribution in [0.5, 0.6) is 0 Å². The first-order valence-electron chi connectivity index (χ1n) is 7.47. The van der Waals surface area contributed by atoms with Crippen molar-refractivity contribution < 1.29 is 17.6 Å². The molecule has 1 saturated carbocycles. The van der Waals surface area contributed by atoms with Gasteiger partial charge in [0.1, 0.15) is 11.6 Å². The summed E-state index contributed by atoms with van der Waals surface area (Å²) in [6, 6.07) is 6.60. The molecular formula is C16H15ClFN3O3S. The summed E-state index contributed by atoms with van der Waals surface area (Å²) < 4.78 is 38.4. The number of carbonyl (C=O) groups excluding carboxylic acids is 1. The second-order valence-electron chi connectivity index (χ2n) is 5.78. The number of rotatable bonds is 5. The first-order chi connectivity index (χ1) is 11.8. The van der Waals surface area contributed by atoms with Gasteiger partial charge < -0.3 is 5.32 Å². The zero-order chi connectivity index (χ0) is 18.2. The van der Waals surface area contributed by atoms with Gasteiger partial charge in [-0.15, -0.1) is 0 Å². The van der Waals surface area contributed by atoms with Crippen molar-refractivity contribution in [3.05, 3.63) is 52.9 Å². The lowest BCUT2D eigenvalue weighted by molar-refractivity contribution is 0.102. The van der Waals surface area contributed by atoms with Gasteiger partial charge >= 0.3 is 0 Å². The van der Waals surface area contributed by atoms with Crippen molar-refractivity contribution in [1.82, 2.24) is 4.98 Å². The number of sulfonamides is 1. The fraction of sp³-hybridized carbons (Fsp3) is 0.250. The molecule has 132 valence electrons. The van der Waals surface area contributed by atoms with Gasteiger partial charge in [0.2, 0.25) is 10.0 Å². The molecule has 1 aromatic heterocycles. The number of hydrogen-bond donors (Lipinski definition) is 1. The number of aromatic nitrogens is 1. The van der Waals surface area contributed by atoms with E-state index in [4.69, 9.17) is 11.6 Å². The Hall–Kier alpha value is -2.19. The first-order valence-corrected chi connectivity index (χ1v) is 9.70. The van der Waals surface area contributed by atoms with E-state index in [-0.39, 0.29) is 22.4 Å². The molecular weight excluding hydrogens is 369 g/mol. The number of amides is 1. The van der Waals surface area contributed by atoms with E-state index in [1.165, 1.54) is 34.8 Å². The molecule has 1 heterocycles. The van der Waals surface area contributed by atoms with Gasteiger partial charge in [0.15, 0.2) is 0 Å². The van der Waals surface area contributed by atoms with E-state index in [0.717, 1.165) is 25.2 Å². The Morgan fingerprint density at radius 3 is 2.64 bits per heavy atom. The van der Waals surface area contributed by atoms with Gasteiger partial charge in [-0.1, -0.05) is 11.6 Å². The summed E-state index contributed by atoms with van der Waals surface area (Å²) in [6.07, 6.45) is 4.02. The van der Waals surface area contributed by atoms with E-state index in [2.05, 4.69) is 10.3 Å². The van der Waals surface area contributed by atoms with Gasteiger partial charge in [-0.3, -0.25) is 9.10 Å². The molecule has 1 aliphatic rings. The minimum Gasteiger partial charge on any atom is -0.322 e. The lowest BCUT2D eigenvalue weighted by Gasteiger charge is -2.21. The Morgan fingerprint density at radius 2 is 2.04 bits per heavy atom. The maximum atomic E-state index is 13.2. The van der Waals surface area contributed by atoms with Crippen molar-refractivity contribution in [1.29, 1.82) is 0 Å². The maximum Gasteiger partial charge on any atom is 0.255 e. The molecule has 0 atom stereocenters. The number of carbonyl (C=O) groups is 1. The highest BCUT2D eigenvalue weighted by molar-refractivity contribution is 7.92. The Balaban J connectivity index is 1.85. The molecule has 3 rings (SSSR count). The number of halogens is 2. The third kappa shape index (κ3) is 4.08. The van der Waals surface area contributed by atoms with Gasteiger partial charge in [0, 0.05) is 23.5 Å². The normalized spacial score (nSPS) is 14.2. The van der Waals surface area contributed by atoms with E-state index < -0.39 is 21.7 Å². The molecule has 0 radical (unpaired) electrons. The van der Waals surface area contributed by atoms with Crippen LogP contribution in [-0.2, 0) is 10.0 Å². The molecule has 9 heteroatoms. The molecule has 1 fully saturated rings. The Kier molecular flexibility index (Phi) is 4.66. The van der Waals surface area contributed by atoms with Crippen LogP contribution in [-0.4, -0.2) is 31.6 Å². The minimum absolute atomic E-state index is 0.106. The molecule has 0 saturated heterocycles. The van der Waals surface area contributed by atoms with Gasteiger partial charge in [0.25, 0.3) is 5.91 Å². The van der Waals surface area contributed by atoms with Crippen molar-refractivity contribution in [2.45, 2.75) is 18.9 Å². The van der Waals surface area contributed by atoms with Crippen molar-refractivity contribution in [2.24, 2.45) is 0 Å². The van der Waals surface area contributed by atoms with E-state index >= 15 is 0 Å². The second kappa shape index (κ2) is 6.61. The van der Waals surface area contributed by atoms with Crippen molar-refractivity contribution in [2.75, 3.05) is 15.9 Å². The third-order valence-electron chi connectivity index (χ3n) is 3.65. The number of benzene rings is 1. The average molecular weight is 384 g/mol. The molecule has 1 N–H and O–H groups in total. The predicted octanol–water partition coefficient (Wildman–Crippen LogP) is 3.05. The fourth-order valence-corrected chi connectivity index (χ4v) is 3.77. The van der Waals surface area contributed by atoms with Crippen molar-refractivity contribution in [3.8, 4) is 0 Å². The summed E-state index contributed by atoms with van der Waals surface area (Å²) >= 11 is 5.69. The van der Waals surface area contributed by atoms with E-state index in [0.29, 0.717) is 5.69 Å². The fourth-order valence-electron chi connectivity index (χ4n) is 2.39. The zero-order valence-electron chi connectivity index (χ0n) is 13.2. The molecule has 6 nitrogen and oxygen atoms in total. The lowest BCUT2D eigenvalue weighted by atomic mass is 10.2. The van der Waals surface area contributed by atoms with E-state index in [9.17, 15) is 17.6 Å². The van der Waals surface area contributed by atoms with Crippen molar-refractivity contribution in [3.63, 3.8) is 0 Å². The Bertz CT molecular complexity index is 932. The van der Waals surface area contributed by atoms with Gasteiger partial charge in [-0.05, 0) is 43.2 Å². The summed E-state index contributed by atoms with van der Waals surface area (Å²) in [5.74, 6) is -0.857. The average Bonchev–Trinajstić information content (AvgIpc) is 3.34. The van der Waals surface area contributed by atoms with Gasteiger partial charge in [0.05, 0.1) is 11.3 Å².